The molecule has 0 bridgehead atoms. The average molecular weight is 289 g/mol. The Balaban J connectivity index is 2.09. The molecule has 114 valence electrons. The van der Waals surface area contributed by atoms with E-state index in [-0.39, 0.29) is 17.2 Å². The van der Waals surface area contributed by atoms with Gasteiger partial charge in [0.2, 0.25) is 11.8 Å². The Hall–Kier alpha value is -1.88. The van der Waals surface area contributed by atoms with Crippen molar-refractivity contribution < 1.29 is 9.59 Å². The Kier molecular flexibility index (Phi) is 4.96. The van der Waals surface area contributed by atoms with Gasteiger partial charge in [-0.25, -0.2) is 0 Å². The van der Waals surface area contributed by atoms with Gasteiger partial charge in [-0.2, -0.15) is 0 Å². The van der Waals surface area contributed by atoms with Crippen LogP contribution in [0.15, 0.2) is 24.3 Å². The zero-order valence-electron chi connectivity index (χ0n) is 12.7. The molecule has 5 heteroatoms. The number of hydrogen-bond acceptors (Lipinski definition) is 3. The molecule has 2 rings (SSSR count). The van der Waals surface area contributed by atoms with Crippen LogP contribution in [0.1, 0.15) is 33.1 Å². The minimum atomic E-state index is -0.307. The number of carbonyl (C=O) groups is 2. The van der Waals surface area contributed by atoms with Crippen LogP contribution >= 0.6 is 0 Å². The highest BCUT2D eigenvalue weighted by Gasteiger charge is 2.40. The maximum Gasteiger partial charge on any atom is 0.231 e. The molecule has 1 aromatic rings. The number of amides is 2. The summed E-state index contributed by atoms with van der Waals surface area (Å²) in [6.07, 6.45) is 2.75. The highest BCUT2D eigenvalue weighted by Crippen LogP contribution is 2.32. The van der Waals surface area contributed by atoms with Gasteiger partial charge in [-0.15, -0.1) is 0 Å². The Morgan fingerprint density at radius 2 is 2.00 bits per heavy atom. The van der Waals surface area contributed by atoms with Crippen LogP contribution < -0.4 is 16.0 Å². The molecule has 0 saturated carbocycles. The van der Waals surface area contributed by atoms with Crippen LogP contribution in [0.5, 0.6) is 0 Å². The average Bonchev–Trinajstić information content (AvgIpc) is 2.88. The summed E-state index contributed by atoms with van der Waals surface area (Å²) in [6, 6.07) is 7.24. The Morgan fingerprint density at radius 3 is 2.57 bits per heavy atom. The third-order valence-corrected chi connectivity index (χ3v) is 3.89. The van der Waals surface area contributed by atoms with Crippen LogP contribution in [-0.4, -0.2) is 24.9 Å². The predicted molar refractivity (Wildman–Crippen MR) is 84.2 cm³/mol. The van der Waals surface area contributed by atoms with Gasteiger partial charge in [0, 0.05) is 24.8 Å². The summed E-state index contributed by atoms with van der Waals surface area (Å²) in [7, 11) is 0. The summed E-state index contributed by atoms with van der Waals surface area (Å²) in [6.45, 7) is 5.19. The van der Waals surface area contributed by atoms with Crippen LogP contribution in [0.2, 0.25) is 0 Å². The van der Waals surface area contributed by atoms with E-state index in [1.807, 2.05) is 12.1 Å². The maximum atomic E-state index is 12.6. The van der Waals surface area contributed by atoms with E-state index in [2.05, 4.69) is 22.9 Å². The van der Waals surface area contributed by atoms with E-state index in [0.29, 0.717) is 11.4 Å². The van der Waals surface area contributed by atoms with Crippen molar-refractivity contribution in [3.05, 3.63) is 24.3 Å². The lowest BCUT2D eigenvalue weighted by molar-refractivity contribution is -0.125. The minimum absolute atomic E-state index is 0.0642. The molecule has 1 aliphatic heterocycles. The molecule has 0 aliphatic carbocycles. The van der Waals surface area contributed by atoms with Crippen molar-refractivity contribution in [2.75, 3.05) is 23.7 Å². The SMILES string of the molecule is CCCC1(C(=O)Nc2cccc(NC(C)=O)c2)CCNC1. The standard InChI is InChI=1S/C16H23N3O2/c1-3-7-16(8-9-17-11-16)15(21)19-14-6-4-5-13(10-14)18-12(2)20/h4-6,10,17H,3,7-9,11H2,1-2H3,(H,18,20)(H,19,21). The zero-order valence-corrected chi connectivity index (χ0v) is 12.7. The highest BCUT2D eigenvalue weighted by atomic mass is 16.2. The second-order valence-electron chi connectivity index (χ2n) is 5.67. The number of carbonyl (C=O) groups excluding carboxylic acids is 2. The second-order valence-corrected chi connectivity index (χ2v) is 5.67. The quantitative estimate of drug-likeness (QED) is 0.779. The van der Waals surface area contributed by atoms with Crippen molar-refractivity contribution >= 4 is 23.2 Å². The van der Waals surface area contributed by atoms with E-state index >= 15 is 0 Å². The molecule has 3 N–H and O–H groups in total. The first-order valence-electron chi connectivity index (χ1n) is 7.45. The molecular weight excluding hydrogens is 266 g/mol. The fraction of sp³-hybridized carbons (Fsp3) is 0.500. The summed E-state index contributed by atoms with van der Waals surface area (Å²) < 4.78 is 0. The van der Waals surface area contributed by atoms with E-state index < -0.39 is 0 Å². The van der Waals surface area contributed by atoms with E-state index in [4.69, 9.17) is 0 Å². The van der Waals surface area contributed by atoms with Crippen molar-refractivity contribution in [2.24, 2.45) is 5.41 Å². The van der Waals surface area contributed by atoms with Crippen LogP contribution in [0.4, 0.5) is 11.4 Å². The number of anilines is 2. The zero-order chi connectivity index (χ0) is 15.3. The Bertz CT molecular complexity index is 522. The predicted octanol–water partition coefficient (Wildman–Crippen LogP) is 2.36. The van der Waals surface area contributed by atoms with Gasteiger partial charge in [-0.1, -0.05) is 19.4 Å². The summed E-state index contributed by atoms with van der Waals surface area (Å²) >= 11 is 0. The van der Waals surface area contributed by atoms with Crippen LogP contribution in [0.25, 0.3) is 0 Å². The fourth-order valence-corrected chi connectivity index (χ4v) is 2.88. The van der Waals surface area contributed by atoms with Crippen molar-refractivity contribution in [3.63, 3.8) is 0 Å². The molecule has 0 radical (unpaired) electrons. The molecule has 1 fully saturated rings. The summed E-state index contributed by atoms with van der Waals surface area (Å²) in [5, 5.41) is 9.00. The molecular formula is C16H23N3O2. The topological polar surface area (TPSA) is 70.2 Å². The van der Waals surface area contributed by atoms with Gasteiger partial charge in [-0.05, 0) is 37.6 Å². The minimum Gasteiger partial charge on any atom is -0.326 e. The van der Waals surface area contributed by atoms with E-state index in [9.17, 15) is 9.59 Å². The molecule has 1 saturated heterocycles. The van der Waals surface area contributed by atoms with Crippen LogP contribution in [0, 0.1) is 5.41 Å². The molecule has 1 aromatic carbocycles. The number of rotatable bonds is 5. The van der Waals surface area contributed by atoms with Gasteiger partial charge in [0.25, 0.3) is 0 Å². The van der Waals surface area contributed by atoms with Crippen molar-refractivity contribution in [3.8, 4) is 0 Å². The third kappa shape index (κ3) is 3.82. The fourth-order valence-electron chi connectivity index (χ4n) is 2.88. The molecule has 5 nitrogen and oxygen atoms in total. The first-order chi connectivity index (χ1) is 10.1. The number of benzene rings is 1. The molecule has 1 heterocycles. The van der Waals surface area contributed by atoms with Gasteiger partial charge in [0.05, 0.1) is 5.41 Å². The van der Waals surface area contributed by atoms with Gasteiger partial charge in [-0.3, -0.25) is 9.59 Å². The Morgan fingerprint density at radius 1 is 1.29 bits per heavy atom. The summed E-state index contributed by atoms with van der Waals surface area (Å²) in [4.78, 5) is 23.7. The largest absolute Gasteiger partial charge is 0.326 e. The molecule has 0 aromatic heterocycles. The normalized spacial score (nSPS) is 21.0. The molecule has 0 spiro atoms. The van der Waals surface area contributed by atoms with Gasteiger partial charge < -0.3 is 16.0 Å². The Labute approximate surface area is 125 Å². The lowest BCUT2D eigenvalue weighted by atomic mass is 9.81. The van der Waals surface area contributed by atoms with Gasteiger partial charge >= 0.3 is 0 Å². The van der Waals surface area contributed by atoms with E-state index in [1.165, 1.54) is 6.92 Å². The summed E-state index contributed by atoms with van der Waals surface area (Å²) in [5.74, 6) is -0.0600. The van der Waals surface area contributed by atoms with Crippen molar-refractivity contribution in [2.45, 2.75) is 33.1 Å². The summed E-state index contributed by atoms with van der Waals surface area (Å²) in [5.41, 5.74) is 1.10. The first-order valence-corrected chi connectivity index (χ1v) is 7.45. The molecule has 2 amide bonds. The van der Waals surface area contributed by atoms with Gasteiger partial charge in [0.15, 0.2) is 0 Å². The number of nitrogens with one attached hydrogen (secondary N) is 3. The second kappa shape index (κ2) is 6.72. The first kappa shape index (κ1) is 15.5. The van der Waals surface area contributed by atoms with Crippen molar-refractivity contribution in [1.82, 2.24) is 5.32 Å². The van der Waals surface area contributed by atoms with Gasteiger partial charge in [0.1, 0.15) is 0 Å². The van der Waals surface area contributed by atoms with E-state index in [0.717, 1.165) is 32.4 Å². The number of hydrogen-bond donors (Lipinski definition) is 3. The maximum absolute atomic E-state index is 12.6. The lowest BCUT2D eigenvalue weighted by Gasteiger charge is -2.26. The smallest absolute Gasteiger partial charge is 0.231 e. The van der Waals surface area contributed by atoms with E-state index in [1.54, 1.807) is 12.1 Å². The lowest BCUT2D eigenvalue weighted by Crippen LogP contribution is -2.38. The van der Waals surface area contributed by atoms with Crippen LogP contribution in [0.3, 0.4) is 0 Å². The third-order valence-electron chi connectivity index (χ3n) is 3.89. The van der Waals surface area contributed by atoms with Crippen LogP contribution in [-0.2, 0) is 9.59 Å². The molecule has 1 atom stereocenters. The molecule has 21 heavy (non-hydrogen) atoms. The molecule has 1 unspecified atom stereocenters. The monoisotopic (exact) mass is 289 g/mol. The highest BCUT2D eigenvalue weighted by molar-refractivity contribution is 5.97. The molecule has 1 aliphatic rings. The van der Waals surface area contributed by atoms with Crippen molar-refractivity contribution in [1.29, 1.82) is 0 Å².